The summed E-state index contributed by atoms with van der Waals surface area (Å²) in [5.74, 6) is -0.282. The van der Waals surface area contributed by atoms with E-state index in [1.165, 1.54) is 0 Å². The van der Waals surface area contributed by atoms with Gasteiger partial charge >= 0.3 is 5.97 Å². The molecule has 0 radical (unpaired) electrons. The molecule has 19 heavy (non-hydrogen) atoms. The van der Waals surface area contributed by atoms with Gasteiger partial charge in [-0.1, -0.05) is 27.7 Å². The maximum absolute atomic E-state index is 12.6. The molecule has 110 valence electrons. The lowest BCUT2D eigenvalue weighted by molar-refractivity contribution is -0.151. The summed E-state index contributed by atoms with van der Waals surface area (Å²) >= 11 is 0. The van der Waals surface area contributed by atoms with Gasteiger partial charge in [0, 0.05) is 12.0 Å². The van der Waals surface area contributed by atoms with Gasteiger partial charge < -0.3 is 9.64 Å². The molecule has 0 bridgehead atoms. The predicted octanol–water partition coefficient (Wildman–Crippen LogP) is 2.47. The minimum atomic E-state index is -0.333. The average Bonchev–Trinajstić information content (AvgIpc) is 2.65. The third kappa shape index (κ3) is 2.77. The van der Waals surface area contributed by atoms with E-state index in [0.29, 0.717) is 6.61 Å². The Kier molecular flexibility index (Phi) is 4.33. The molecule has 0 aromatic rings. The van der Waals surface area contributed by atoms with E-state index in [2.05, 4.69) is 27.7 Å². The first-order chi connectivity index (χ1) is 8.57. The molecule has 1 aliphatic rings. The summed E-state index contributed by atoms with van der Waals surface area (Å²) < 4.78 is 4.94. The Morgan fingerprint density at radius 1 is 1.16 bits per heavy atom. The number of rotatable bonds is 5. The van der Waals surface area contributed by atoms with Crippen molar-refractivity contribution in [3.8, 4) is 0 Å². The van der Waals surface area contributed by atoms with Crippen molar-refractivity contribution in [2.75, 3.05) is 13.2 Å². The fourth-order valence-electron chi connectivity index (χ4n) is 2.84. The molecular formula is C15H27NO3. The van der Waals surface area contributed by atoms with E-state index in [1.54, 1.807) is 11.8 Å². The maximum Gasteiger partial charge on any atom is 0.325 e. The molecule has 1 fully saturated rings. The first-order valence-corrected chi connectivity index (χ1v) is 7.03. The second-order valence-corrected chi connectivity index (χ2v) is 6.74. The van der Waals surface area contributed by atoms with Crippen LogP contribution in [0.2, 0.25) is 0 Å². The van der Waals surface area contributed by atoms with Crippen molar-refractivity contribution < 1.29 is 14.3 Å². The summed E-state index contributed by atoms with van der Waals surface area (Å²) in [6.45, 7) is 14.5. The zero-order valence-electron chi connectivity index (χ0n) is 13.2. The largest absolute Gasteiger partial charge is 0.465 e. The van der Waals surface area contributed by atoms with Gasteiger partial charge in [0.05, 0.1) is 6.61 Å². The van der Waals surface area contributed by atoms with Crippen LogP contribution < -0.4 is 0 Å². The lowest BCUT2D eigenvalue weighted by Crippen LogP contribution is -2.43. The summed E-state index contributed by atoms with van der Waals surface area (Å²) in [6.07, 6.45) is 0. The highest BCUT2D eigenvalue weighted by atomic mass is 16.5. The van der Waals surface area contributed by atoms with Crippen molar-refractivity contribution >= 4 is 11.9 Å². The lowest BCUT2D eigenvalue weighted by Gasteiger charge is -2.26. The highest BCUT2D eigenvalue weighted by Crippen LogP contribution is 2.68. The molecule has 0 unspecified atom stereocenters. The summed E-state index contributed by atoms with van der Waals surface area (Å²) in [7, 11) is 0. The predicted molar refractivity (Wildman–Crippen MR) is 74.5 cm³/mol. The Morgan fingerprint density at radius 2 is 1.63 bits per heavy atom. The van der Waals surface area contributed by atoms with E-state index in [-0.39, 0.29) is 41.2 Å². The number of carbonyl (C=O) groups is 2. The van der Waals surface area contributed by atoms with Crippen LogP contribution in [-0.2, 0) is 14.3 Å². The van der Waals surface area contributed by atoms with Crippen LogP contribution in [0.15, 0.2) is 0 Å². The normalized spacial score (nSPS) is 20.2. The van der Waals surface area contributed by atoms with Crippen LogP contribution in [0, 0.1) is 16.7 Å². The number of carbonyl (C=O) groups excluding carboxylic acids is 2. The minimum absolute atomic E-state index is 0.00380. The number of esters is 1. The molecule has 4 nitrogen and oxygen atoms in total. The molecule has 0 atom stereocenters. The molecule has 0 aromatic carbocycles. The van der Waals surface area contributed by atoms with Crippen molar-refractivity contribution in [2.24, 2.45) is 16.7 Å². The number of hydrogen-bond acceptors (Lipinski definition) is 3. The van der Waals surface area contributed by atoms with Crippen molar-refractivity contribution in [3.63, 3.8) is 0 Å². The van der Waals surface area contributed by atoms with Crippen LogP contribution in [0.25, 0.3) is 0 Å². The van der Waals surface area contributed by atoms with Crippen molar-refractivity contribution in [1.29, 1.82) is 0 Å². The first-order valence-electron chi connectivity index (χ1n) is 7.03. The van der Waals surface area contributed by atoms with Gasteiger partial charge in [-0.25, -0.2) is 0 Å². The van der Waals surface area contributed by atoms with Gasteiger partial charge in [-0.05, 0) is 31.6 Å². The van der Waals surface area contributed by atoms with Gasteiger partial charge in [0.25, 0.3) is 0 Å². The summed E-state index contributed by atoms with van der Waals surface area (Å²) in [6, 6.07) is 0.00380. The summed E-state index contributed by atoms with van der Waals surface area (Å²) in [5, 5.41) is 0. The van der Waals surface area contributed by atoms with Crippen LogP contribution in [0.4, 0.5) is 0 Å². The van der Waals surface area contributed by atoms with Crippen LogP contribution in [0.1, 0.15) is 48.5 Å². The van der Waals surface area contributed by atoms with Crippen molar-refractivity contribution in [1.82, 2.24) is 4.90 Å². The first kappa shape index (κ1) is 16.0. The topological polar surface area (TPSA) is 46.6 Å². The molecule has 0 aromatic heterocycles. The Labute approximate surface area is 116 Å². The van der Waals surface area contributed by atoms with E-state index in [0.717, 1.165) is 0 Å². The summed E-state index contributed by atoms with van der Waals surface area (Å²) in [4.78, 5) is 25.9. The van der Waals surface area contributed by atoms with E-state index in [1.807, 2.05) is 13.8 Å². The number of nitrogens with zero attached hydrogens (tertiary/aromatic N) is 1. The zero-order valence-corrected chi connectivity index (χ0v) is 13.2. The Hall–Kier alpha value is -1.06. The van der Waals surface area contributed by atoms with Gasteiger partial charge in [-0.3, -0.25) is 9.59 Å². The summed E-state index contributed by atoms with van der Waals surface area (Å²) in [5.41, 5.74) is -0.0161. The molecule has 4 heteroatoms. The van der Waals surface area contributed by atoms with Crippen molar-refractivity contribution in [2.45, 2.75) is 54.5 Å². The van der Waals surface area contributed by atoms with Gasteiger partial charge in [-0.15, -0.1) is 0 Å². The maximum atomic E-state index is 12.6. The molecule has 0 saturated heterocycles. The third-order valence-corrected chi connectivity index (χ3v) is 4.78. The van der Waals surface area contributed by atoms with E-state index >= 15 is 0 Å². The highest BCUT2D eigenvalue weighted by Gasteiger charge is 2.69. The lowest BCUT2D eigenvalue weighted by atomic mass is 10.0. The standard InChI is InChI=1S/C15H27NO3/c1-8-19-11(17)9-16(10(2)3)13(18)12-14(4,5)15(12,6)7/h10,12H,8-9H2,1-7H3. The van der Waals surface area contributed by atoms with Crippen LogP contribution >= 0.6 is 0 Å². The second-order valence-electron chi connectivity index (χ2n) is 6.74. The Morgan fingerprint density at radius 3 is 1.95 bits per heavy atom. The van der Waals surface area contributed by atoms with Gasteiger partial charge in [-0.2, -0.15) is 0 Å². The SMILES string of the molecule is CCOC(=O)CN(C(=O)C1C(C)(C)C1(C)C)C(C)C. The van der Waals surface area contributed by atoms with E-state index in [9.17, 15) is 9.59 Å². The average molecular weight is 269 g/mol. The molecule has 0 heterocycles. The minimum Gasteiger partial charge on any atom is -0.465 e. The van der Waals surface area contributed by atoms with Crippen LogP contribution in [0.3, 0.4) is 0 Å². The third-order valence-electron chi connectivity index (χ3n) is 4.78. The Bertz CT molecular complexity index is 358. The molecule has 0 N–H and O–H groups in total. The fraction of sp³-hybridized carbons (Fsp3) is 0.867. The van der Waals surface area contributed by atoms with Crippen LogP contribution in [0.5, 0.6) is 0 Å². The fourth-order valence-corrected chi connectivity index (χ4v) is 2.84. The zero-order chi connectivity index (χ0) is 15.0. The molecule has 1 amide bonds. The van der Waals surface area contributed by atoms with Crippen molar-refractivity contribution in [3.05, 3.63) is 0 Å². The number of amides is 1. The van der Waals surface area contributed by atoms with Gasteiger partial charge in [0.15, 0.2) is 0 Å². The van der Waals surface area contributed by atoms with Crippen LogP contribution in [-0.4, -0.2) is 36.0 Å². The number of hydrogen-bond donors (Lipinski definition) is 0. The molecule has 1 rings (SSSR count). The quantitative estimate of drug-likeness (QED) is 0.720. The monoisotopic (exact) mass is 269 g/mol. The highest BCUT2D eigenvalue weighted by molar-refractivity contribution is 5.87. The molecule has 1 aliphatic carbocycles. The second kappa shape index (κ2) is 5.14. The van der Waals surface area contributed by atoms with E-state index < -0.39 is 0 Å². The molecule has 1 saturated carbocycles. The van der Waals surface area contributed by atoms with Gasteiger partial charge in [0.1, 0.15) is 6.54 Å². The van der Waals surface area contributed by atoms with E-state index in [4.69, 9.17) is 4.74 Å². The van der Waals surface area contributed by atoms with Gasteiger partial charge in [0.2, 0.25) is 5.91 Å². The molecule has 0 spiro atoms. The molecule has 0 aliphatic heterocycles. The Balaban J connectivity index is 2.79. The number of ether oxygens (including phenoxy) is 1. The molecular weight excluding hydrogens is 242 g/mol. The smallest absolute Gasteiger partial charge is 0.325 e.